The van der Waals surface area contributed by atoms with Crippen molar-refractivity contribution in [2.24, 2.45) is 5.92 Å². The van der Waals surface area contributed by atoms with Crippen molar-refractivity contribution in [3.05, 3.63) is 47.4 Å². The van der Waals surface area contributed by atoms with Crippen LogP contribution in [0.4, 0.5) is 4.39 Å². The molecular formula is C15H15FN2O3. The third kappa shape index (κ3) is 2.41. The summed E-state index contributed by atoms with van der Waals surface area (Å²) in [6.07, 6.45) is 0.536. The predicted molar refractivity (Wildman–Crippen MR) is 71.3 cm³/mol. The van der Waals surface area contributed by atoms with E-state index < -0.39 is 17.3 Å². The lowest BCUT2D eigenvalue weighted by molar-refractivity contribution is -0.138. The van der Waals surface area contributed by atoms with Gasteiger partial charge in [0.15, 0.2) is 5.82 Å². The van der Waals surface area contributed by atoms with Crippen molar-refractivity contribution in [1.82, 2.24) is 10.1 Å². The van der Waals surface area contributed by atoms with Gasteiger partial charge in [-0.1, -0.05) is 17.3 Å². The van der Waals surface area contributed by atoms with E-state index in [4.69, 9.17) is 9.63 Å². The molecule has 1 aromatic heterocycles. The van der Waals surface area contributed by atoms with Crippen molar-refractivity contribution in [3.8, 4) is 0 Å². The maximum absolute atomic E-state index is 13.0. The van der Waals surface area contributed by atoms with E-state index in [2.05, 4.69) is 10.1 Å². The lowest BCUT2D eigenvalue weighted by Crippen LogP contribution is -2.20. The Labute approximate surface area is 120 Å². The Morgan fingerprint density at radius 1 is 1.38 bits per heavy atom. The second-order valence-electron chi connectivity index (χ2n) is 5.88. The van der Waals surface area contributed by atoms with E-state index in [0.717, 1.165) is 5.56 Å². The molecule has 0 saturated heterocycles. The van der Waals surface area contributed by atoms with Crippen LogP contribution < -0.4 is 0 Å². The molecule has 0 amide bonds. The average Bonchev–Trinajstić information content (AvgIpc) is 3.08. The van der Waals surface area contributed by atoms with Gasteiger partial charge in [-0.05, 0) is 38.0 Å². The highest BCUT2D eigenvalue weighted by atomic mass is 19.1. The number of nitrogens with zero attached hydrogens (tertiary/aromatic N) is 2. The lowest BCUT2D eigenvalue weighted by Gasteiger charge is -2.20. The lowest BCUT2D eigenvalue weighted by atomic mass is 9.84. The highest BCUT2D eigenvalue weighted by molar-refractivity contribution is 5.74. The Kier molecular flexibility index (Phi) is 3.04. The van der Waals surface area contributed by atoms with E-state index in [1.54, 1.807) is 12.1 Å². The van der Waals surface area contributed by atoms with Crippen LogP contribution in [0.25, 0.3) is 0 Å². The first-order valence-corrected chi connectivity index (χ1v) is 6.72. The summed E-state index contributed by atoms with van der Waals surface area (Å²) in [5, 5.41) is 12.9. The van der Waals surface area contributed by atoms with E-state index >= 15 is 0 Å². The molecule has 1 aliphatic carbocycles. The molecule has 0 spiro atoms. The van der Waals surface area contributed by atoms with Crippen molar-refractivity contribution < 1.29 is 18.8 Å². The summed E-state index contributed by atoms with van der Waals surface area (Å²) >= 11 is 0. The molecule has 0 bridgehead atoms. The number of carboxylic acids is 1. The Bertz CT molecular complexity index is 678. The fourth-order valence-electron chi connectivity index (χ4n) is 2.38. The number of carboxylic acid groups (broad SMARTS) is 1. The van der Waals surface area contributed by atoms with Crippen molar-refractivity contribution in [2.75, 3.05) is 0 Å². The Balaban J connectivity index is 1.85. The molecule has 1 saturated carbocycles. The van der Waals surface area contributed by atoms with Crippen molar-refractivity contribution in [2.45, 2.75) is 31.6 Å². The summed E-state index contributed by atoms with van der Waals surface area (Å²) in [5.41, 5.74) is 0.324. The zero-order valence-corrected chi connectivity index (χ0v) is 11.7. The first kappa shape index (κ1) is 13.7. The number of hydrogen-bond donors (Lipinski definition) is 1. The Morgan fingerprint density at radius 3 is 2.62 bits per heavy atom. The molecule has 0 radical (unpaired) electrons. The van der Waals surface area contributed by atoms with Gasteiger partial charge in [-0.15, -0.1) is 0 Å². The van der Waals surface area contributed by atoms with Gasteiger partial charge in [-0.3, -0.25) is 4.79 Å². The second kappa shape index (κ2) is 4.65. The van der Waals surface area contributed by atoms with Gasteiger partial charge in [-0.2, -0.15) is 4.98 Å². The molecule has 1 aliphatic rings. The van der Waals surface area contributed by atoms with E-state index in [-0.39, 0.29) is 11.7 Å². The van der Waals surface area contributed by atoms with Crippen molar-refractivity contribution >= 4 is 5.97 Å². The summed E-state index contributed by atoms with van der Waals surface area (Å²) in [7, 11) is 0. The number of benzene rings is 1. The fraction of sp³-hybridized carbons (Fsp3) is 0.400. The third-order valence-corrected chi connectivity index (χ3v) is 3.99. The number of rotatable bonds is 4. The van der Waals surface area contributed by atoms with Crippen molar-refractivity contribution in [3.63, 3.8) is 0 Å². The normalized spacial score (nSPS) is 21.3. The molecule has 5 nitrogen and oxygen atoms in total. The highest BCUT2D eigenvalue weighted by Crippen LogP contribution is 2.47. The van der Waals surface area contributed by atoms with Crippen LogP contribution in [0.3, 0.4) is 0 Å². The first-order valence-electron chi connectivity index (χ1n) is 6.72. The van der Waals surface area contributed by atoms with Gasteiger partial charge >= 0.3 is 5.97 Å². The molecule has 2 unspecified atom stereocenters. The zero-order chi connectivity index (χ0) is 15.2. The van der Waals surface area contributed by atoms with Crippen LogP contribution in [-0.4, -0.2) is 21.2 Å². The minimum atomic E-state index is -0.836. The largest absolute Gasteiger partial charge is 0.481 e. The van der Waals surface area contributed by atoms with Crippen LogP contribution in [-0.2, 0) is 10.2 Å². The van der Waals surface area contributed by atoms with Crippen molar-refractivity contribution in [1.29, 1.82) is 0 Å². The molecule has 21 heavy (non-hydrogen) atoms. The minimum absolute atomic E-state index is 0.187. The van der Waals surface area contributed by atoms with Crippen LogP contribution in [0, 0.1) is 11.7 Å². The Morgan fingerprint density at radius 2 is 2.05 bits per heavy atom. The van der Waals surface area contributed by atoms with Gasteiger partial charge in [0.1, 0.15) is 5.82 Å². The molecule has 1 fully saturated rings. The van der Waals surface area contributed by atoms with Gasteiger partial charge in [0.05, 0.1) is 17.3 Å². The quantitative estimate of drug-likeness (QED) is 0.937. The number of aliphatic carboxylic acids is 1. The number of hydrogen-bond acceptors (Lipinski definition) is 4. The van der Waals surface area contributed by atoms with Crippen LogP contribution in [0.15, 0.2) is 28.8 Å². The first-order chi connectivity index (χ1) is 9.89. The third-order valence-electron chi connectivity index (χ3n) is 3.99. The van der Waals surface area contributed by atoms with Gasteiger partial charge in [0.2, 0.25) is 5.89 Å². The number of carbonyl (C=O) groups is 1. The van der Waals surface area contributed by atoms with Crippen LogP contribution in [0.5, 0.6) is 0 Å². The highest BCUT2D eigenvalue weighted by Gasteiger charge is 2.48. The van der Waals surface area contributed by atoms with Gasteiger partial charge in [0.25, 0.3) is 0 Å². The summed E-state index contributed by atoms with van der Waals surface area (Å²) in [4.78, 5) is 15.2. The molecule has 2 atom stereocenters. The maximum atomic E-state index is 13.0. The smallest absolute Gasteiger partial charge is 0.307 e. The molecule has 110 valence electrons. The van der Waals surface area contributed by atoms with E-state index in [9.17, 15) is 9.18 Å². The van der Waals surface area contributed by atoms with E-state index in [1.165, 1.54) is 12.1 Å². The minimum Gasteiger partial charge on any atom is -0.481 e. The molecular weight excluding hydrogens is 275 g/mol. The average molecular weight is 290 g/mol. The second-order valence-corrected chi connectivity index (χ2v) is 5.88. The topological polar surface area (TPSA) is 76.2 Å². The fourth-order valence-corrected chi connectivity index (χ4v) is 2.38. The van der Waals surface area contributed by atoms with Crippen LogP contribution >= 0.6 is 0 Å². The van der Waals surface area contributed by atoms with E-state index in [1.807, 2.05) is 13.8 Å². The molecule has 0 aliphatic heterocycles. The molecule has 6 heteroatoms. The van der Waals surface area contributed by atoms with Gasteiger partial charge < -0.3 is 9.63 Å². The number of aromatic nitrogens is 2. The van der Waals surface area contributed by atoms with Gasteiger partial charge in [-0.25, -0.2) is 4.39 Å². The van der Waals surface area contributed by atoms with Gasteiger partial charge in [0, 0.05) is 0 Å². The molecule has 2 aromatic rings. The summed E-state index contributed by atoms with van der Waals surface area (Å²) in [6.45, 7) is 3.83. The van der Waals surface area contributed by atoms with Crippen LogP contribution in [0.1, 0.15) is 43.5 Å². The zero-order valence-electron chi connectivity index (χ0n) is 11.7. The number of halogens is 1. The van der Waals surface area contributed by atoms with Crippen LogP contribution in [0.2, 0.25) is 0 Å². The monoisotopic (exact) mass is 290 g/mol. The van der Waals surface area contributed by atoms with E-state index in [0.29, 0.717) is 18.1 Å². The molecule has 1 heterocycles. The summed E-state index contributed by atoms with van der Waals surface area (Å²) < 4.78 is 18.2. The standard InChI is InChI=1S/C15H15FN2O3/c1-15(2,8-3-5-9(16)6-4-8)14-17-12(21-18-14)10-7-11(10)13(19)20/h3-6,10-11H,7H2,1-2H3,(H,19,20). The molecule has 1 N–H and O–H groups in total. The predicted octanol–water partition coefficient (Wildman–Crippen LogP) is 2.72. The maximum Gasteiger partial charge on any atom is 0.307 e. The molecule has 3 rings (SSSR count). The Hall–Kier alpha value is -2.24. The summed E-state index contributed by atoms with van der Waals surface area (Å²) in [6, 6.07) is 6.14. The molecule has 1 aromatic carbocycles. The summed E-state index contributed by atoms with van der Waals surface area (Å²) in [5.74, 6) is -0.907. The SMILES string of the molecule is CC(C)(c1ccc(F)cc1)c1noc(C2CC2C(=O)O)n1.